The lowest BCUT2D eigenvalue weighted by molar-refractivity contribution is 0.524. The molecule has 10 heteroatoms. The van der Waals surface area contributed by atoms with E-state index in [1.54, 1.807) is 29.2 Å². The zero-order valence-electron chi connectivity index (χ0n) is 13.9. The van der Waals surface area contributed by atoms with Gasteiger partial charge >= 0.3 is 0 Å². The lowest BCUT2D eigenvalue weighted by atomic mass is 10.0. The quantitative estimate of drug-likeness (QED) is 0.682. The third-order valence-corrected chi connectivity index (χ3v) is 6.16. The number of hydrogen-bond acceptors (Lipinski definition) is 6. The van der Waals surface area contributed by atoms with Crippen LogP contribution in [0.3, 0.4) is 0 Å². The molecule has 3 heterocycles. The van der Waals surface area contributed by atoms with Crippen molar-refractivity contribution in [2.24, 2.45) is 0 Å². The third-order valence-electron chi connectivity index (χ3n) is 4.45. The predicted molar refractivity (Wildman–Crippen MR) is 91.1 cm³/mol. The molecule has 1 fully saturated rings. The zero-order valence-corrected chi connectivity index (χ0v) is 14.7. The van der Waals surface area contributed by atoms with Crippen LogP contribution in [0, 0.1) is 5.82 Å². The molecule has 8 nitrogen and oxygen atoms in total. The van der Waals surface area contributed by atoms with E-state index in [-0.39, 0.29) is 17.4 Å². The summed E-state index contributed by atoms with van der Waals surface area (Å²) in [5.74, 6) is 0.784. The summed E-state index contributed by atoms with van der Waals surface area (Å²) in [5.41, 5.74) is 0.299. The van der Waals surface area contributed by atoms with Crippen LogP contribution in [-0.2, 0) is 16.4 Å². The smallest absolute Gasteiger partial charge is 0.172 e. The van der Waals surface area contributed by atoms with Crippen molar-refractivity contribution >= 4 is 9.84 Å². The van der Waals surface area contributed by atoms with Crippen LogP contribution in [0.15, 0.2) is 36.9 Å². The summed E-state index contributed by atoms with van der Waals surface area (Å²) < 4.78 is 40.9. The van der Waals surface area contributed by atoms with Crippen molar-refractivity contribution in [3.05, 3.63) is 54.4 Å². The lowest BCUT2D eigenvalue weighted by Gasteiger charge is -2.21. The molecule has 4 rings (SSSR count). The van der Waals surface area contributed by atoms with E-state index in [9.17, 15) is 12.8 Å². The second-order valence-corrected chi connectivity index (χ2v) is 8.57. The van der Waals surface area contributed by atoms with Gasteiger partial charge in [-0.2, -0.15) is 5.10 Å². The van der Waals surface area contributed by atoms with E-state index in [4.69, 9.17) is 0 Å². The van der Waals surface area contributed by atoms with Crippen LogP contribution in [-0.4, -0.2) is 49.5 Å². The number of rotatable bonds is 4. The van der Waals surface area contributed by atoms with E-state index < -0.39 is 15.7 Å². The highest BCUT2D eigenvalue weighted by Crippen LogP contribution is 2.30. The van der Waals surface area contributed by atoms with E-state index in [0.717, 1.165) is 0 Å². The van der Waals surface area contributed by atoms with Gasteiger partial charge in [0.05, 0.1) is 11.5 Å². The first-order valence-electron chi connectivity index (χ1n) is 8.25. The summed E-state index contributed by atoms with van der Waals surface area (Å²) in [4.78, 5) is 8.46. The molecule has 1 aliphatic rings. The topological polar surface area (TPSA) is 95.6 Å². The number of para-hydroxylation sites is 1. The summed E-state index contributed by atoms with van der Waals surface area (Å²) in [7, 11) is -3.00. The Hall–Kier alpha value is -2.62. The van der Waals surface area contributed by atoms with Crippen molar-refractivity contribution in [1.29, 1.82) is 0 Å². The van der Waals surface area contributed by atoms with Crippen molar-refractivity contribution in [2.75, 3.05) is 11.5 Å². The molecular weight excluding hydrogens is 359 g/mol. The number of benzene rings is 1. The summed E-state index contributed by atoms with van der Waals surface area (Å²) in [6.45, 7) is 0.305. The molecule has 2 aromatic heterocycles. The van der Waals surface area contributed by atoms with Gasteiger partial charge in [0.25, 0.3) is 0 Å². The number of nitrogens with zero attached hydrogens (tertiary/aromatic N) is 6. The lowest BCUT2D eigenvalue weighted by Crippen LogP contribution is -2.24. The average molecular weight is 376 g/mol. The molecule has 0 N–H and O–H groups in total. The van der Waals surface area contributed by atoms with Gasteiger partial charge in [-0.15, -0.1) is 5.10 Å². The van der Waals surface area contributed by atoms with Crippen LogP contribution < -0.4 is 0 Å². The molecular formula is C16H17FN6O2S. The summed E-state index contributed by atoms with van der Waals surface area (Å²) in [6, 6.07) is 6.33. The van der Waals surface area contributed by atoms with Crippen LogP contribution in [0.25, 0.3) is 5.69 Å². The van der Waals surface area contributed by atoms with E-state index in [0.29, 0.717) is 36.7 Å². The number of halogens is 1. The van der Waals surface area contributed by atoms with Crippen molar-refractivity contribution in [3.8, 4) is 5.69 Å². The van der Waals surface area contributed by atoms with Gasteiger partial charge in [0, 0.05) is 5.92 Å². The van der Waals surface area contributed by atoms with Gasteiger partial charge in [0.15, 0.2) is 5.82 Å². The minimum atomic E-state index is -3.00. The maximum absolute atomic E-state index is 14.3. The Morgan fingerprint density at radius 2 is 1.96 bits per heavy atom. The van der Waals surface area contributed by atoms with Gasteiger partial charge < -0.3 is 0 Å². The van der Waals surface area contributed by atoms with Crippen molar-refractivity contribution in [1.82, 2.24) is 29.5 Å². The van der Waals surface area contributed by atoms with Crippen molar-refractivity contribution in [2.45, 2.75) is 25.3 Å². The minimum Gasteiger partial charge on any atom is -0.245 e. The van der Waals surface area contributed by atoms with Gasteiger partial charge in [-0.05, 0) is 25.0 Å². The van der Waals surface area contributed by atoms with Gasteiger partial charge in [-0.3, -0.25) is 0 Å². The average Bonchev–Trinajstić information content (AvgIpc) is 3.26. The predicted octanol–water partition coefficient (Wildman–Crippen LogP) is 1.34. The van der Waals surface area contributed by atoms with E-state index in [2.05, 4.69) is 20.2 Å². The Morgan fingerprint density at radius 3 is 2.65 bits per heavy atom. The second-order valence-electron chi connectivity index (χ2n) is 6.27. The second kappa shape index (κ2) is 6.60. The maximum atomic E-state index is 14.3. The molecule has 0 amide bonds. The number of hydrogen-bond donors (Lipinski definition) is 0. The highest BCUT2D eigenvalue weighted by molar-refractivity contribution is 7.91. The SMILES string of the molecule is O=S1(=O)CCC(c2nc(Cn3cncn3)nn2-c2ccccc2F)CC1. The molecule has 0 aliphatic carbocycles. The monoisotopic (exact) mass is 376 g/mol. The maximum Gasteiger partial charge on any atom is 0.172 e. The standard InChI is InChI=1S/C16H17FN6O2S/c17-13-3-1-2-4-14(13)23-16(12-5-7-26(24,25)8-6-12)20-15(21-23)9-22-11-18-10-19-22/h1-4,10-12H,5-9H2. The normalized spacial score (nSPS) is 17.4. The van der Waals surface area contributed by atoms with Gasteiger partial charge in [-0.25, -0.2) is 32.1 Å². The minimum absolute atomic E-state index is 0.0878. The number of sulfone groups is 1. The molecule has 0 spiro atoms. The summed E-state index contributed by atoms with van der Waals surface area (Å²) in [5, 5.41) is 8.49. The summed E-state index contributed by atoms with van der Waals surface area (Å²) in [6.07, 6.45) is 3.88. The fourth-order valence-corrected chi connectivity index (χ4v) is 4.60. The van der Waals surface area contributed by atoms with E-state index >= 15 is 0 Å². The van der Waals surface area contributed by atoms with Crippen molar-refractivity contribution in [3.63, 3.8) is 0 Å². The molecule has 3 aromatic rings. The first kappa shape index (κ1) is 16.8. The first-order valence-corrected chi connectivity index (χ1v) is 10.1. The Balaban J connectivity index is 1.73. The fraction of sp³-hybridized carbons (Fsp3) is 0.375. The van der Waals surface area contributed by atoms with Crippen LogP contribution >= 0.6 is 0 Å². The molecule has 0 unspecified atom stereocenters. The Morgan fingerprint density at radius 1 is 1.19 bits per heavy atom. The molecule has 0 atom stereocenters. The highest BCUT2D eigenvalue weighted by Gasteiger charge is 2.29. The molecule has 136 valence electrons. The van der Waals surface area contributed by atoms with Crippen molar-refractivity contribution < 1.29 is 12.8 Å². The Labute approximate surface area is 149 Å². The van der Waals surface area contributed by atoms with Crippen LogP contribution in [0.5, 0.6) is 0 Å². The van der Waals surface area contributed by atoms with E-state index in [1.165, 1.54) is 17.1 Å². The molecule has 1 aliphatic heterocycles. The fourth-order valence-electron chi connectivity index (χ4n) is 3.11. The molecule has 26 heavy (non-hydrogen) atoms. The highest BCUT2D eigenvalue weighted by atomic mass is 32.2. The van der Waals surface area contributed by atoms with Gasteiger partial charge in [-0.1, -0.05) is 12.1 Å². The first-order chi connectivity index (χ1) is 12.5. The molecule has 0 saturated carbocycles. The zero-order chi connectivity index (χ0) is 18.1. The van der Waals surface area contributed by atoms with Crippen LogP contribution in [0.1, 0.15) is 30.4 Å². The Bertz CT molecular complexity index is 1000. The summed E-state index contributed by atoms with van der Waals surface area (Å²) >= 11 is 0. The Kier molecular flexibility index (Phi) is 4.27. The molecule has 0 bridgehead atoms. The van der Waals surface area contributed by atoms with Crippen LogP contribution in [0.4, 0.5) is 4.39 Å². The number of aromatic nitrogens is 6. The van der Waals surface area contributed by atoms with Gasteiger partial charge in [0.1, 0.15) is 46.4 Å². The molecule has 1 saturated heterocycles. The largest absolute Gasteiger partial charge is 0.245 e. The van der Waals surface area contributed by atoms with Crippen LogP contribution in [0.2, 0.25) is 0 Å². The third kappa shape index (κ3) is 3.36. The molecule has 0 radical (unpaired) electrons. The molecule has 1 aromatic carbocycles. The van der Waals surface area contributed by atoms with Gasteiger partial charge in [0.2, 0.25) is 0 Å². The van der Waals surface area contributed by atoms with E-state index in [1.807, 2.05) is 0 Å².